The van der Waals surface area contributed by atoms with Crippen molar-refractivity contribution in [1.82, 2.24) is 0 Å². The van der Waals surface area contributed by atoms with Gasteiger partial charge in [-0.05, 0) is 5.56 Å². The SMILES string of the molecule is CO[Si](OC)(OC)C(CBr)c1ccccc1. The Balaban J connectivity index is 3.05. The first kappa shape index (κ1) is 13.9. The third-order valence-corrected chi connectivity index (χ3v) is 6.98. The highest BCUT2D eigenvalue weighted by Gasteiger charge is 2.47. The van der Waals surface area contributed by atoms with Gasteiger partial charge in [0, 0.05) is 26.7 Å². The van der Waals surface area contributed by atoms with Crippen LogP contribution < -0.4 is 0 Å². The minimum Gasteiger partial charge on any atom is -0.376 e. The van der Waals surface area contributed by atoms with E-state index in [9.17, 15) is 0 Å². The Morgan fingerprint density at radius 3 is 1.94 bits per heavy atom. The summed E-state index contributed by atoms with van der Waals surface area (Å²) in [6.45, 7) is 0. The van der Waals surface area contributed by atoms with Crippen LogP contribution in [0, 0.1) is 0 Å². The molecule has 0 heterocycles. The van der Waals surface area contributed by atoms with Crippen LogP contribution in [-0.4, -0.2) is 35.5 Å². The van der Waals surface area contributed by atoms with Crippen molar-refractivity contribution in [3.05, 3.63) is 35.9 Å². The second kappa shape index (κ2) is 6.51. The van der Waals surface area contributed by atoms with E-state index in [1.807, 2.05) is 18.2 Å². The van der Waals surface area contributed by atoms with Crippen LogP contribution in [0.3, 0.4) is 0 Å². The zero-order valence-corrected chi connectivity index (χ0v) is 12.4. The number of alkyl halides is 1. The maximum absolute atomic E-state index is 5.51. The molecule has 0 aliphatic heterocycles. The number of benzene rings is 1. The molecule has 16 heavy (non-hydrogen) atoms. The maximum atomic E-state index is 5.51. The number of rotatable bonds is 6. The molecule has 1 rings (SSSR count). The third-order valence-electron chi connectivity index (χ3n) is 2.64. The van der Waals surface area contributed by atoms with E-state index in [-0.39, 0.29) is 5.54 Å². The lowest BCUT2D eigenvalue weighted by atomic mass is 10.2. The fourth-order valence-electron chi connectivity index (χ4n) is 1.75. The van der Waals surface area contributed by atoms with Gasteiger partial charge in [-0.1, -0.05) is 46.3 Å². The summed E-state index contributed by atoms with van der Waals surface area (Å²) in [5, 5.41) is 0.749. The van der Waals surface area contributed by atoms with Crippen molar-refractivity contribution in [3.63, 3.8) is 0 Å². The Bertz CT molecular complexity index is 295. The molecule has 3 nitrogen and oxygen atoms in total. The van der Waals surface area contributed by atoms with Gasteiger partial charge in [0.25, 0.3) is 0 Å². The van der Waals surface area contributed by atoms with Crippen LogP contribution in [0.1, 0.15) is 11.1 Å². The van der Waals surface area contributed by atoms with E-state index in [0.717, 1.165) is 10.9 Å². The predicted octanol–water partition coefficient (Wildman–Crippen LogP) is 2.58. The number of hydrogen-bond acceptors (Lipinski definition) is 3. The molecule has 0 spiro atoms. The summed E-state index contributed by atoms with van der Waals surface area (Å²) in [5.74, 6) is 0. The minimum absolute atomic E-state index is 0.105. The second-order valence-corrected chi connectivity index (χ2v) is 7.11. The molecular weight excluding hydrogens is 288 g/mol. The Morgan fingerprint density at radius 2 is 1.56 bits per heavy atom. The molecule has 0 aliphatic carbocycles. The van der Waals surface area contributed by atoms with Crippen molar-refractivity contribution < 1.29 is 13.3 Å². The van der Waals surface area contributed by atoms with Gasteiger partial charge in [-0.3, -0.25) is 0 Å². The van der Waals surface area contributed by atoms with Gasteiger partial charge in [-0.2, -0.15) is 0 Å². The minimum atomic E-state index is -2.63. The van der Waals surface area contributed by atoms with E-state index in [1.54, 1.807) is 21.3 Å². The van der Waals surface area contributed by atoms with E-state index < -0.39 is 8.80 Å². The molecule has 0 radical (unpaired) electrons. The standard InChI is InChI=1S/C11H17BrO3Si/c1-13-16(14-2,15-3)11(9-12)10-7-5-4-6-8-10/h4-8,11H,9H2,1-3H3. The molecule has 1 unspecified atom stereocenters. The first-order valence-corrected chi connectivity index (χ1v) is 7.92. The lowest BCUT2D eigenvalue weighted by molar-refractivity contribution is 0.115. The van der Waals surface area contributed by atoms with Crippen molar-refractivity contribution in [1.29, 1.82) is 0 Å². The largest absolute Gasteiger partial charge is 0.508 e. The van der Waals surface area contributed by atoms with Gasteiger partial charge in [0.15, 0.2) is 0 Å². The van der Waals surface area contributed by atoms with Gasteiger partial charge in [-0.15, -0.1) is 0 Å². The predicted molar refractivity (Wildman–Crippen MR) is 69.8 cm³/mol. The maximum Gasteiger partial charge on any atom is 0.508 e. The van der Waals surface area contributed by atoms with Crippen molar-refractivity contribution in [2.75, 3.05) is 26.7 Å². The summed E-state index contributed by atoms with van der Waals surface area (Å²) in [4.78, 5) is 0. The lowest BCUT2D eigenvalue weighted by Crippen LogP contribution is -2.50. The molecule has 0 fully saturated rings. The number of hydrogen-bond donors (Lipinski definition) is 0. The highest BCUT2D eigenvalue weighted by atomic mass is 79.9. The van der Waals surface area contributed by atoms with Crippen LogP contribution in [0.15, 0.2) is 30.3 Å². The molecule has 0 N–H and O–H groups in total. The highest BCUT2D eigenvalue weighted by molar-refractivity contribution is 9.09. The van der Waals surface area contributed by atoms with Gasteiger partial charge in [0.2, 0.25) is 0 Å². The average molecular weight is 305 g/mol. The average Bonchev–Trinajstić information content (AvgIpc) is 2.37. The lowest BCUT2D eigenvalue weighted by Gasteiger charge is -2.31. The van der Waals surface area contributed by atoms with E-state index in [1.165, 1.54) is 0 Å². The zero-order valence-electron chi connectivity index (χ0n) is 9.77. The second-order valence-electron chi connectivity index (χ2n) is 3.33. The van der Waals surface area contributed by atoms with Gasteiger partial charge < -0.3 is 13.3 Å². The Labute approximate surface area is 106 Å². The topological polar surface area (TPSA) is 27.7 Å². The summed E-state index contributed by atoms with van der Waals surface area (Å²) in [6.07, 6.45) is 0. The molecule has 0 amide bonds. The molecule has 5 heteroatoms. The molecule has 0 saturated heterocycles. The van der Waals surface area contributed by atoms with Crippen LogP contribution in [0.2, 0.25) is 0 Å². The van der Waals surface area contributed by atoms with Gasteiger partial charge >= 0.3 is 8.80 Å². The highest BCUT2D eigenvalue weighted by Crippen LogP contribution is 2.30. The van der Waals surface area contributed by atoms with E-state index in [2.05, 4.69) is 28.1 Å². The smallest absolute Gasteiger partial charge is 0.376 e. The van der Waals surface area contributed by atoms with Crippen LogP contribution in [-0.2, 0) is 13.3 Å². The molecule has 1 aromatic rings. The van der Waals surface area contributed by atoms with Crippen molar-refractivity contribution in [3.8, 4) is 0 Å². The molecule has 0 saturated carbocycles. The first-order chi connectivity index (χ1) is 7.74. The van der Waals surface area contributed by atoms with Crippen molar-refractivity contribution in [2.24, 2.45) is 0 Å². The van der Waals surface area contributed by atoms with Crippen LogP contribution in [0.4, 0.5) is 0 Å². The first-order valence-electron chi connectivity index (χ1n) is 5.00. The Hall–Kier alpha value is -0.203. The molecular formula is C11H17BrO3Si. The van der Waals surface area contributed by atoms with Gasteiger partial charge in [0.1, 0.15) is 0 Å². The molecule has 90 valence electrons. The van der Waals surface area contributed by atoms with E-state index in [4.69, 9.17) is 13.3 Å². The fraction of sp³-hybridized carbons (Fsp3) is 0.455. The summed E-state index contributed by atoms with van der Waals surface area (Å²) in [6, 6.07) is 10.1. The summed E-state index contributed by atoms with van der Waals surface area (Å²) < 4.78 is 16.5. The Morgan fingerprint density at radius 1 is 1.06 bits per heavy atom. The Kier molecular flexibility index (Phi) is 5.64. The normalized spacial score (nSPS) is 13.8. The van der Waals surface area contributed by atoms with Crippen molar-refractivity contribution >= 4 is 24.7 Å². The van der Waals surface area contributed by atoms with Gasteiger partial charge in [0.05, 0.1) is 5.54 Å². The summed E-state index contributed by atoms with van der Waals surface area (Å²) >= 11 is 3.51. The molecule has 0 bridgehead atoms. The van der Waals surface area contributed by atoms with Crippen LogP contribution in [0.5, 0.6) is 0 Å². The van der Waals surface area contributed by atoms with Crippen LogP contribution >= 0.6 is 15.9 Å². The zero-order chi connectivity index (χ0) is 12.0. The van der Waals surface area contributed by atoms with E-state index in [0.29, 0.717) is 0 Å². The number of halogens is 1. The molecule has 1 aromatic carbocycles. The van der Waals surface area contributed by atoms with E-state index >= 15 is 0 Å². The summed E-state index contributed by atoms with van der Waals surface area (Å²) in [5.41, 5.74) is 1.27. The molecule has 0 aromatic heterocycles. The quantitative estimate of drug-likeness (QED) is 0.597. The third kappa shape index (κ3) is 2.72. The fourth-order valence-corrected chi connectivity index (χ4v) is 5.46. The van der Waals surface area contributed by atoms with Crippen LogP contribution in [0.25, 0.3) is 0 Å². The molecule has 0 aliphatic rings. The van der Waals surface area contributed by atoms with Gasteiger partial charge in [-0.25, -0.2) is 0 Å². The van der Waals surface area contributed by atoms with Crippen molar-refractivity contribution in [2.45, 2.75) is 5.54 Å². The molecule has 1 atom stereocenters. The summed E-state index contributed by atoms with van der Waals surface area (Å²) in [7, 11) is 2.28. The monoisotopic (exact) mass is 304 g/mol.